The highest BCUT2D eigenvalue weighted by atomic mass is 16.7. The molecular weight excluding hydrogens is 977 g/mol. The molecule has 2 aliphatic rings. The highest BCUT2D eigenvalue weighted by Crippen LogP contribution is 2.40. The Labute approximate surface area is 451 Å². The summed E-state index contributed by atoms with van der Waals surface area (Å²) in [7, 11) is 0. The van der Waals surface area contributed by atoms with Gasteiger partial charge in [0.25, 0.3) is 0 Å². The molecule has 0 aliphatic heterocycles. The van der Waals surface area contributed by atoms with E-state index >= 15 is 0 Å². The van der Waals surface area contributed by atoms with E-state index in [1.165, 1.54) is 0 Å². The molecule has 0 spiro atoms. The zero-order valence-electron chi connectivity index (χ0n) is 45.7. The minimum absolute atomic E-state index is 0.0389. The highest BCUT2D eigenvalue weighted by molar-refractivity contribution is 5.69. The number of esters is 2. The molecule has 2 aliphatic carbocycles. The van der Waals surface area contributed by atoms with E-state index in [0.717, 1.165) is 11.1 Å². The molecule has 16 nitrogen and oxygen atoms in total. The molecule has 4 N–H and O–H groups in total. The van der Waals surface area contributed by atoms with Crippen LogP contribution in [0.5, 0.6) is 0 Å². The molecule has 2 aromatic rings. The first-order chi connectivity index (χ1) is 36.7. The maximum Gasteiger partial charge on any atom is 0.508 e. The molecule has 2 aromatic carbocycles. The lowest BCUT2D eigenvalue weighted by Crippen LogP contribution is -2.26. The molecule has 76 heavy (non-hydrogen) atoms. The van der Waals surface area contributed by atoms with Crippen LogP contribution < -0.4 is 0 Å². The first-order valence-corrected chi connectivity index (χ1v) is 28.0. The van der Waals surface area contributed by atoms with Crippen LogP contribution >= 0.6 is 0 Å². The van der Waals surface area contributed by atoms with Gasteiger partial charge in [0.15, 0.2) is 0 Å². The third kappa shape index (κ3) is 26.5. The van der Waals surface area contributed by atoms with Crippen LogP contribution in [-0.2, 0) is 60.3 Å². The third-order valence-corrected chi connectivity index (χ3v) is 14.1. The summed E-state index contributed by atoms with van der Waals surface area (Å²) in [6, 6.07) is 19.8. The number of carbonyl (C=O) groups excluding carboxylic acids is 4. The number of hydrogen-bond acceptors (Lipinski definition) is 16. The number of carbonyl (C=O) groups is 4. The molecule has 0 heterocycles. The van der Waals surface area contributed by atoms with Crippen molar-refractivity contribution in [2.45, 2.75) is 192 Å². The van der Waals surface area contributed by atoms with E-state index in [4.69, 9.17) is 37.9 Å². The fourth-order valence-corrected chi connectivity index (χ4v) is 10.2. The van der Waals surface area contributed by atoms with E-state index in [9.17, 15) is 39.6 Å². The van der Waals surface area contributed by atoms with Crippen molar-refractivity contribution in [2.24, 2.45) is 23.7 Å². The van der Waals surface area contributed by atoms with Crippen LogP contribution in [0.15, 0.2) is 85.0 Å². The van der Waals surface area contributed by atoms with Gasteiger partial charge in [0.2, 0.25) is 0 Å². The Morgan fingerprint density at radius 3 is 1.24 bits per heavy atom. The fraction of sp³-hybridized carbons (Fsp3) is 0.667. The number of aliphatic hydroxyl groups is 4. The molecule has 10 atom stereocenters. The quantitative estimate of drug-likeness (QED) is 0.0214. The van der Waals surface area contributed by atoms with Crippen molar-refractivity contribution in [3.8, 4) is 0 Å². The minimum atomic E-state index is -0.813. The largest absolute Gasteiger partial charge is 0.508 e. The topological polar surface area (TPSA) is 223 Å². The molecule has 0 unspecified atom stereocenters. The Morgan fingerprint density at radius 2 is 0.855 bits per heavy atom. The summed E-state index contributed by atoms with van der Waals surface area (Å²) in [6.07, 6.45) is 12.3. The van der Waals surface area contributed by atoms with Gasteiger partial charge in [-0.25, -0.2) is 9.59 Å². The van der Waals surface area contributed by atoms with Crippen LogP contribution in [0.4, 0.5) is 9.59 Å². The van der Waals surface area contributed by atoms with Crippen molar-refractivity contribution < 1.29 is 77.5 Å². The number of unbranched alkanes of at least 4 members (excludes halogenated alkanes) is 2. The van der Waals surface area contributed by atoms with E-state index in [-0.39, 0.29) is 87.5 Å². The average molecular weight is 1070 g/mol. The number of ether oxygens (including phenoxy) is 8. The summed E-state index contributed by atoms with van der Waals surface area (Å²) >= 11 is 0. The van der Waals surface area contributed by atoms with Crippen molar-refractivity contribution in [3.05, 3.63) is 96.1 Å². The number of benzene rings is 2. The molecule has 0 aromatic heterocycles. The van der Waals surface area contributed by atoms with Gasteiger partial charge in [-0.05, 0) is 165 Å². The van der Waals surface area contributed by atoms with Gasteiger partial charge in [-0.3, -0.25) is 9.59 Å². The highest BCUT2D eigenvalue weighted by Gasteiger charge is 2.42. The molecular formula is C60H90O16. The maximum absolute atomic E-state index is 12.9. The van der Waals surface area contributed by atoms with Crippen molar-refractivity contribution in [3.63, 3.8) is 0 Å². The van der Waals surface area contributed by atoms with Crippen molar-refractivity contribution in [2.75, 3.05) is 39.6 Å². The van der Waals surface area contributed by atoms with Crippen LogP contribution in [0.2, 0.25) is 0 Å². The Balaban J connectivity index is 1.13. The van der Waals surface area contributed by atoms with Gasteiger partial charge < -0.3 is 58.3 Å². The molecule has 0 saturated heterocycles. The molecule has 426 valence electrons. The van der Waals surface area contributed by atoms with Gasteiger partial charge >= 0.3 is 24.2 Å². The lowest BCUT2D eigenvalue weighted by Gasteiger charge is -2.25. The third-order valence-electron chi connectivity index (χ3n) is 14.1. The fourth-order valence-electron chi connectivity index (χ4n) is 10.2. The Hall–Kier alpha value is -4.84. The molecule has 0 radical (unpaired) electrons. The minimum Gasteiger partial charge on any atom is -0.463 e. The monoisotopic (exact) mass is 1070 g/mol. The Morgan fingerprint density at radius 1 is 0.487 bits per heavy atom. The number of hydrogen-bond donors (Lipinski definition) is 4. The molecule has 4 rings (SSSR count). The number of aryl methyl sites for hydroxylation is 2. The van der Waals surface area contributed by atoms with Crippen molar-refractivity contribution in [1.29, 1.82) is 0 Å². The zero-order chi connectivity index (χ0) is 54.9. The van der Waals surface area contributed by atoms with E-state index in [2.05, 4.69) is 0 Å². The second kappa shape index (κ2) is 37.1. The normalized spacial score (nSPS) is 22.3. The predicted octanol–water partition coefficient (Wildman–Crippen LogP) is 9.74. The second-order valence-electron chi connectivity index (χ2n) is 20.8. The van der Waals surface area contributed by atoms with Crippen LogP contribution in [0.1, 0.15) is 142 Å². The van der Waals surface area contributed by atoms with Gasteiger partial charge in [0.1, 0.15) is 25.4 Å². The Bertz CT molecular complexity index is 1820. The standard InChI is InChI=1S/C60H90O16/c1-43(2)73-57(65)25-17-7-5-15-23-49-51(55(63)41-53(49)61)33-31-47(29-27-45-19-11-9-12-20-45)75-59(67)71-39-37-69-35-36-70-38-40-72-60(68)76-48(30-28-46-21-13-10-14-22-46)32-34-52-50(54(62)42-56(52)64)24-16-6-8-18-26-58(66)74-44(3)4/h5-6,9-16,19-22,43-44,47-56,61-64H,7-8,17-18,23-42H2,1-4H3/b15-5-,16-6-/t47-,48+,49+,50-,51+,52-,53-,54+,55+,56-. The summed E-state index contributed by atoms with van der Waals surface area (Å²) in [5, 5.41) is 43.5. The van der Waals surface area contributed by atoms with E-state index in [1.54, 1.807) is 0 Å². The predicted molar refractivity (Wildman–Crippen MR) is 287 cm³/mol. The van der Waals surface area contributed by atoms with Crippen molar-refractivity contribution >= 4 is 24.2 Å². The van der Waals surface area contributed by atoms with E-state index < -0.39 is 48.9 Å². The molecule has 2 saturated carbocycles. The first kappa shape index (κ1) is 63.7. The van der Waals surface area contributed by atoms with Crippen LogP contribution in [0.25, 0.3) is 0 Å². The van der Waals surface area contributed by atoms with Crippen LogP contribution in [0, 0.1) is 23.7 Å². The molecule has 2 fully saturated rings. The van der Waals surface area contributed by atoms with Crippen molar-refractivity contribution in [1.82, 2.24) is 0 Å². The average Bonchev–Trinajstić information content (AvgIpc) is 3.82. The summed E-state index contributed by atoms with van der Waals surface area (Å²) in [5.41, 5.74) is 2.21. The lowest BCUT2D eigenvalue weighted by atomic mass is 9.85. The summed E-state index contributed by atoms with van der Waals surface area (Å²) in [6.45, 7) is 7.84. The molecule has 0 bridgehead atoms. The second-order valence-corrected chi connectivity index (χ2v) is 20.8. The lowest BCUT2D eigenvalue weighted by molar-refractivity contribution is -0.148. The smallest absolute Gasteiger partial charge is 0.463 e. The zero-order valence-corrected chi connectivity index (χ0v) is 45.7. The molecule has 0 amide bonds. The van der Waals surface area contributed by atoms with Gasteiger partial charge in [-0.15, -0.1) is 0 Å². The summed E-state index contributed by atoms with van der Waals surface area (Å²) < 4.78 is 43.9. The first-order valence-electron chi connectivity index (χ1n) is 28.0. The number of aliphatic hydroxyl groups excluding tert-OH is 4. The number of allylic oxidation sites excluding steroid dienone is 4. The van der Waals surface area contributed by atoms with Gasteiger partial charge in [-0.1, -0.05) is 85.0 Å². The number of rotatable bonds is 37. The Kier molecular flexibility index (Phi) is 31.1. The SMILES string of the molecule is CC(C)OC(=O)CCC/C=C\C[C@@H]1[C@@H](CC[C@H](CCc2ccccc2)OC(=O)OCCOCCOCCOC(=O)O[C@H](CCc2ccccc2)CC[C@H]2[C@H](C/C=C\CCCC(=O)OC(C)C)[C@H](O)C[C@@H]2O)[C@H](O)C[C@@H]1O. The van der Waals surface area contributed by atoms with Gasteiger partial charge in [0.05, 0.1) is 63.1 Å². The summed E-state index contributed by atoms with van der Waals surface area (Å²) in [4.78, 5) is 49.5. The summed E-state index contributed by atoms with van der Waals surface area (Å²) in [5.74, 6) is -1.07. The maximum atomic E-state index is 12.9. The van der Waals surface area contributed by atoms with Gasteiger partial charge in [0, 0.05) is 12.8 Å². The van der Waals surface area contributed by atoms with Crippen LogP contribution in [0.3, 0.4) is 0 Å². The molecule has 16 heteroatoms. The van der Waals surface area contributed by atoms with E-state index in [1.807, 2.05) is 113 Å². The van der Waals surface area contributed by atoms with Gasteiger partial charge in [-0.2, -0.15) is 0 Å². The van der Waals surface area contributed by atoms with E-state index in [0.29, 0.717) is 116 Å². The van der Waals surface area contributed by atoms with Crippen LogP contribution in [-0.4, -0.2) is 133 Å².